The summed E-state index contributed by atoms with van der Waals surface area (Å²) in [6.07, 6.45) is 10.1. The van der Waals surface area contributed by atoms with Gasteiger partial charge in [-0.25, -0.2) is 4.39 Å². The molecule has 0 aliphatic rings. The molecule has 2 unspecified atom stereocenters. The standard InChI is InChI=1S/C35H49ClFNO2.C4H6O/c1-9-15-26(13-5)34(38-35(20-11-3,25(8)39)21-19-23(6)12-4)28-22-29(36)32(33(37)27(28)16-10-2)31-24(7)17-14-18-30(31)40;1-3-4(2)5/h13-14,17-18,22-23,38,40H,5,9-12,15-16,19-21H2,1-4,6-8H3;3H,1H2,2H3/b34-26-;. The van der Waals surface area contributed by atoms with Gasteiger partial charge in [-0.2, -0.15) is 0 Å². The maximum Gasteiger partial charge on any atom is 0.155 e. The lowest BCUT2D eigenvalue weighted by molar-refractivity contribution is -0.123. The van der Waals surface area contributed by atoms with E-state index < -0.39 is 11.4 Å². The molecule has 2 aromatic carbocycles. The molecule has 0 fully saturated rings. The number of carbonyl (C=O) groups excluding carboxylic acids is 2. The van der Waals surface area contributed by atoms with Crippen LogP contribution in [0.5, 0.6) is 5.75 Å². The highest BCUT2D eigenvalue weighted by molar-refractivity contribution is 6.33. The summed E-state index contributed by atoms with van der Waals surface area (Å²) in [7, 11) is 0. The number of phenolic OH excluding ortho intramolecular Hbond substituents is 1. The first-order valence-corrected chi connectivity index (χ1v) is 16.7. The Balaban J connectivity index is 0.00000187. The van der Waals surface area contributed by atoms with Crippen molar-refractivity contribution < 1.29 is 19.1 Å². The molecule has 0 bridgehead atoms. The number of aryl methyl sites for hydroxylation is 1. The van der Waals surface area contributed by atoms with E-state index in [4.69, 9.17) is 11.6 Å². The van der Waals surface area contributed by atoms with Gasteiger partial charge in [-0.3, -0.25) is 9.59 Å². The smallest absolute Gasteiger partial charge is 0.155 e. The molecule has 0 saturated heterocycles. The van der Waals surface area contributed by atoms with Crippen LogP contribution in [0.1, 0.15) is 117 Å². The van der Waals surface area contributed by atoms with Crippen molar-refractivity contribution in [3.63, 3.8) is 0 Å². The van der Waals surface area contributed by atoms with Gasteiger partial charge in [0.1, 0.15) is 11.6 Å². The number of Topliss-reactive ketones (excluding diaryl/α,β-unsaturated/α-hetero) is 1. The lowest BCUT2D eigenvalue weighted by Gasteiger charge is -2.37. The Morgan fingerprint density at radius 2 is 1.69 bits per heavy atom. The monoisotopic (exact) mass is 639 g/mol. The predicted molar refractivity (Wildman–Crippen MR) is 190 cm³/mol. The van der Waals surface area contributed by atoms with Gasteiger partial charge in [0.05, 0.1) is 10.6 Å². The molecule has 0 aliphatic heterocycles. The number of rotatable bonds is 17. The Hall–Kier alpha value is -3.18. The zero-order valence-electron chi connectivity index (χ0n) is 28.8. The molecule has 6 heteroatoms. The molecule has 0 heterocycles. The first kappa shape index (κ1) is 39.8. The van der Waals surface area contributed by atoms with Gasteiger partial charge >= 0.3 is 0 Å². The number of benzene rings is 2. The van der Waals surface area contributed by atoms with Crippen LogP contribution in [0.15, 0.2) is 55.1 Å². The van der Waals surface area contributed by atoms with Gasteiger partial charge in [0.2, 0.25) is 0 Å². The minimum atomic E-state index is -0.783. The van der Waals surface area contributed by atoms with Crippen LogP contribution >= 0.6 is 11.6 Å². The van der Waals surface area contributed by atoms with Crippen LogP contribution in [0.4, 0.5) is 4.39 Å². The van der Waals surface area contributed by atoms with Crippen molar-refractivity contribution in [2.24, 2.45) is 5.92 Å². The Morgan fingerprint density at radius 3 is 2.16 bits per heavy atom. The van der Waals surface area contributed by atoms with Gasteiger partial charge in [-0.15, -0.1) is 0 Å². The summed E-state index contributed by atoms with van der Waals surface area (Å²) in [5.41, 5.74) is 3.43. The Labute approximate surface area is 276 Å². The highest BCUT2D eigenvalue weighted by Gasteiger charge is 2.36. The third-order valence-electron chi connectivity index (χ3n) is 8.44. The van der Waals surface area contributed by atoms with E-state index in [9.17, 15) is 14.7 Å². The SMILES string of the molecule is C=C/C(CCC)=C(/NC(CCC)(CCC(C)CC)C(C)=O)c1cc(Cl)c(-c2c(C)cccc2O)c(F)c1CCC.C=CC(C)=O. The van der Waals surface area contributed by atoms with Crippen molar-refractivity contribution in [2.75, 3.05) is 0 Å². The highest BCUT2D eigenvalue weighted by atomic mass is 35.5. The van der Waals surface area contributed by atoms with Crippen molar-refractivity contribution in [3.8, 4) is 16.9 Å². The van der Waals surface area contributed by atoms with E-state index in [0.29, 0.717) is 41.9 Å². The van der Waals surface area contributed by atoms with Gasteiger partial charge in [0, 0.05) is 22.4 Å². The molecule has 4 nitrogen and oxygen atoms in total. The molecule has 0 aliphatic carbocycles. The lowest BCUT2D eigenvalue weighted by Crippen LogP contribution is -2.50. The van der Waals surface area contributed by atoms with Crippen LogP contribution in [0.2, 0.25) is 5.02 Å². The molecular formula is C39H55ClFNO3. The third kappa shape index (κ3) is 10.7. The zero-order chi connectivity index (χ0) is 34.3. The van der Waals surface area contributed by atoms with Crippen LogP contribution < -0.4 is 5.32 Å². The molecule has 0 aromatic heterocycles. The van der Waals surface area contributed by atoms with E-state index in [1.54, 1.807) is 19.1 Å². The minimum absolute atomic E-state index is 0.00811. The van der Waals surface area contributed by atoms with Crippen molar-refractivity contribution in [2.45, 2.75) is 119 Å². The van der Waals surface area contributed by atoms with Crippen LogP contribution in [0.3, 0.4) is 0 Å². The Kier molecular flexibility index (Phi) is 17.1. The summed E-state index contributed by atoms with van der Waals surface area (Å²) in [6.45, 7) is 22.9. The summed E-state index contributed by atoms with van der Waals surface area (Å²) in [6, 6.07) is 6.94. The molecule has 248 valence electrons. The number of hydrogen-bond acceptors (Lipinski definition) is 4. The van der Waals surface area contributed by atoms with Crippen molar-refractivity contribution in [3.05, 3.63) is 82.7 Å². The number of aromatic hydroxyl groups is 1. The number of hydrogen-bond donors (Lipinski definition) is 2. The second kappa shape index (κ2) is 19.4. The fraction of sp³-hybridized carbons (Fsp3) is 0.487. The average Bonchev–Trinajstić information content (AvgIpc) is 3.00. The van der Waals surface area contributed by atoms with E-state index >= 15 is 4.39 Å². The summed E-state index contributed by atoms with van der Waals surface area (Å²) in [4.78, 5) is 23.1. The topological polar surface area (TPSA) is 66.4 Å². The molecule has 2 atom stereocenters. The number of ketones is 2. The van der Waals surface area contributed by atoms with Gasteiger partial charge in [0.25, 0.3) is 0 Å². The van der Waals surface area contributed by atoms with Gasteiger partial charge in [0.15, 0.2) is 11.6 Å². The molecular weight excluding hydrogens is 585 g/mol. The summed E-state index contributed by atoms with van der Waals surface area (Å²) in [5.74, 6) is 0.149. The van der Waals surface area contributed by atoms with E-state index in [2.05, 4.69) is 46.2 Å². The third-order valence-corrected chi connectivity index (χ3v) is 8.74. The second-order valence-electron chi connectivity index (χ2n) is 12.0. The number of nitrogens with one attached hydrogen (secondary N) is 1. The Morgan fingerprint density at radius 1 is 1.04 bits per heavy atom. The van der Waals surface area contributed by atoms with Gasteiger partial charge in [-0.1, -0.05) is 103 Å². The fourth-order valence-corrected chi connectivity index (χ4v) is 5.84. The van der Waals surface area contributed by atoms with Gasteiger partial charge < -0.3 is 10.4 Å². The number of allylic oxidation sites excluding steroid dienone is 3. The van der Waals surface area contributed by atoms with Crippen LogP contribution in [0, 0.1) is 18.7 Å². The van der Waals surface area contributed by atoms with Crippen molar-refractivity contribution in [1.82, 2.24) is 5.32 Å². The van der Waals surface area contributed by atoms with Crippen molar-refractivity contribution in [1.29, 1.82) is 0 Å². The molecule has 0 radical (unpaired) electrons. The van der Waals surface area contributed by atoms with Crippen LogP contribution in [-0.4, -0.2) is 22.2 Å². The number of carbonyl (C=O) groups is 2. The minimum Gasteiger partial charge on any atom is -0.507 e. The average molecular weight is 640 g/mol. The van der Waals surface area contributed by atoms with Crippen molar-refractivity contribution >= 4 is 28.9 Å². The maximum atomic E-state index is 16.6. The lowest BCUT2D eigenvalue weighted by atomic mass is 9.80. The zero-order valence-corrected chi connectivity index (χ0v) is 29.6. The number of phenols is 1. The molecule has 0 saturated carbocycles. The van der Waals surface area contributed by atoms with Crippen LogP contribution in [-0.2, 0) is 16.0 Å². The predicted octanol–water partition coefficient (Wildman–Crippen LogP) is 11.1. The molecule has 0 amide bonds. The van der Waals surface area contributed by atoms with E-state index in [0.717, 1.165) is 55.4 Å². The fourth-order valence-electron chi connectivity index (χ4n) is 5.56. The van der Waals surface area contributed by atoms with Gasteiger partial charge in [-0.05, 0) is 93.7 Å². The van der Waals surface area contributed by atoms with E-state index in [1.165, 1.54) is 13.0 Å². The highest BCUT2D eigenvalue weighted by Crippen LogP contribution is 2.43. The number of halogens is 2. The normalized spacial score (nSPS) is 13.5. The second-order valence-corrected chi connectivity index (χ2v) is 12.4. The van der Waals surface area contributed by atoms with E-state index in [-0.39, 0.29) is 27.9 Å². The van der Waals surface area contributed by atoms with Crippen LogP contribution in [0.25, 0.3) is 16.8 Å². The first-order valence-electron chi connectivity index (χ1n) is 16.4. The quantitative estimate of drug-likeness (QED) is 0.133. The largest absolute Gasteiger partial charge is 0.507 e. The molecule has 2 N–H and O–H groups in total. The summed E-state index contributed by atoms with van der Waals surface area (Å²) >= 11 is 6.88. The first-order chi connectivity index (χ1) is 21.3. The Bertz CT molecular complexity index is 1340. The molecule has 0 spiro atoms. The molecule has 2 aromatic rings. The van der Waals surface area contributed by atoms with E-state index in [1.807, 2.05) is 32.1 Å². The summed E-state index contributed by atoms with van der Waals surface area (Å²) < 4.78 is 16.6. The molecule has 2 rings (SSSR count). The summed E-state index contributed by atoms with van der Waals surface area (Å²) in [5, 5.41) is 14.6. The molecule has 45 heavy (non-hydrogen) atoms. The maximum absolute atomic E-state index is 16.6.